The van der Waals surface area contributed by atoms with Gasteiger partial charge in [0, 0.05) is 28.4 Å². The maximum absolute atomic E-state index is 12.7. The van der Waals surface area contributed by atoms with Gasteiger partial charge in [0.1, 0.15) is 29.5 Å². The second-order valence-corrected chi connectivity index (χ2v) is 9.13. The van der Waals surface area contributed by atoms with E-state index in [2.05, 4.69) is 10.1 Å². The van der Waals surface area contributed by atoms with Crippen LogP contribution in [-0.4, -0.2) is 39.2 Å². The van der Waals surface area contributed by atoms with Crippen LogP contribution in [-0.2, 0) is 9.57 Å². The summed E-state index contributed by atoms with van der Waals surface area (Å²) in [5.74, 6) is 0.117. The van der Waals surface area contributed by atoms with Crippen LogP contribution in [0.4, 0.5) is 4.79 Å². The van der Waals surface area contributed by atoms with E-state index in [0.29, 0.717) is 27.5 Å². The lowest BCUT2D eigenvalue weighted by Gasteiger charge is -2.19. The Morgan fingerprint density at radius 1 is 1.27 bits per heavy atom. The molecule has 0 aliphatic heterocycles. The third-order valence-corrected chi connectivity index (χ3v) is 5.28. The normalized spacial score (nSPS) is 13.7. The maximum Gasteiger partial charge on any atom is 0.419 e. The highest BCUT2D eigenvalue weighted by Gasteiger charge is 2.25. The fraction of sp³-hybridized carbons (Fsp3) is 0.409. The van der Waals surface area contributed by atoms with Crippen molar-refractivity contribution in [2.24, 2.45) is 11.1 Å². The lowest BCUT2D eigenvalue weighted by molar-refractivity contribution is 0.0544. The minimum atomic E-state index is -0.992. The third kappa shape index (κ3) is 4.55. The van der Waals surface area contributed by atoms with Gasteiger partial charge in [0.25, 0.3) is 0 Å². The molecule has 2 aromatic heterocycles. The topological polar surface area (TPSA) is 85.9 Å². The summed E-state index contributed by atoms with van der Waals surface area (Å²) < 4.78 is 6.95. The van der Waals surface area contributed by atoms with Gasteiger partial charge in [-0.25, -0.2) is 9.78 Å². The number of aliphatic hydroxyl groups is 1. The molecule has 7 nitrogen and oxygen atoms in total. The van der Waals surface area contributed by atoms with Gasteiger partial charge >= 0.3 is 6.09 Å². The number of thiazole rings is 1. The van der Waals surface area contributed by atoms with Crippen molar-refractivity contribution in [1.82, 2.24) is 9.55 Å². The van der Waals surface area contributed by atoms with E-state index in [0.717, 1.165) is 5.39 Å². The lowest BCUT2D eigenvalue weighted by Crippen LogP contribution is -2.26. The quantitative estimate of drug-likeness (QED) is 0.457. The molecule has 30 heavy (non-hydrogen) atoms. The van der Waals surface area contributed by atoms with Crippen LogP contribution in [0.1, 0.15) is 57.0 Å². The first kappa shape index (κ1) is 22.0. The minimum absolute atomic E-state index is 0.117. The van der Waals surface area contributed by atoms with E-state index in [-0.39, 0.29) is 5.92 Å². The first-order valence-electron chi connectivity index (χ1n) is 9.70. The fourth-order valence-electron chi connectivity index (χ4n) is 3.10. The molecule has 0 aliphatic rings. The van der Waals surface area contributed by atoms with E-state index in [1.165, 1.54) is 23.0 Å². The largest absolute Gasteiger partial charge is 0.443 e. The molecule has 3 rings (SSSR count). The first-order chi connectivity index (χ1) is 14.1. The molecule has 3 aromatic rings. The number of ether oxygens (including phenoxy) is 1. The first-order valence-corrected chi connectivity index (χ1v) is 10.6. The van der Waals surface area contributed by atoms with E-state index in [1.807, 2.05) is 64.3 Å². The zero-order valence-corrected chi connectivity index (χ0v) is 18.9. The van der Waals surface area contributed by atoms with Gasteiger partial charge in [0.2, 0.25) is 0 Å². The number of carbonyl (C=O) groups is 1. The Morgan fingerprint density at radius 2 is 1.97 bits per heavy atom. The van der Waals surface area contributed by atoms with Crippen LogP contribution in [0.2, 0.25) is 0 Å². The fourth-order valence-corrected chi connectivity index (χ4v) is 3.91. The molecular formula is C22H27N3O4S. The van der Waals surface area contributed by atoms with Gasteiger partial charge in [-0.3, -0.25) is 4.57 Å². The highest BCUT2D eigenvalue weighted by Crippen LogP contribution is 2.33. The molecule has 0 aliphatic carbocycles. The van der Waals surface area contributed by atoms with Gasteiger partial charge < -0.3 is 14.7 Å². The second kappa shape index (κ2) is 8.57. The van der Waals surface area contributed by atoms with E-state index >= 15 is 0 Å². The number of aromatic nitrogens is 2. The van der Waals surface area contributed by atoms with E-state index in [4.69, 9.17) is 9.57 Å². The van der Waals surface area contributed by atoms with Crippen molar-refractivity contribution < 1.29 is 19.5 Å². The summed E-state index contributed by atoms with van der Waals surface area (Å²) in [6.07, 6.45) is 0.136. The van der Waals surface area contributed by atoms with Crippen LogP contribution >= 0.6 is 11.3 Å². The summed E-state index contributed by atoms with van der Waals surface area (Å²) in [5.41, 5.74) is 2.01. The average Bonchev–Trinajstić information content (AvgIpc) is 3.29. The zero-order chi connectivity index (χ0) is 22.1. The molecule has 1 atom stereocenters. The smallest absolute Gasteiger partial charge is 0.419 e. The highest BCUT2D eigenvalue weighted by molar-refractivity contribution is 7.10. The van der Waals surface area contributed by atoms with Crippen molar-refractivity contribution >= 4 is 34.0 Å². The number of rotatable bonds is 5. The molecule has 0 bridgehead atoms. The predicted octanol–water partition coefficient (Wildman–Crippen LogP) is 4.97. The molecule has 0 amide bonds. The molecule has 0 saturated heterocycles. The predicted molar refractivity (Wildman–Crippen MR) is 118 cm³/mol. The highest BCUT2D eigenvalue weighted by atomic mass is 32.1. The van der Waals surface area contributed by atoms with Crippen molar-refractivity contribution in [3.8, 4) is 0 Å². The van der Waals surface area contributed by atoms with Gasteiger partial charge in [0.05, 0.1) is 11.2 Å². The van der Waals surface area contributed by atoms with Crippen LogP contribution < -0.4 is 0 Å². The van der Waals surface area contributed by atoms with Crippen LogP contribution in [0.3, 0.4) is 0 Å². The Labute approximate surface area is 179 Å². The summed E-state index contributed by atoms with van der Waals surface area (Å²) in [7, 11) is 1.50. The lowest BCUT2D eigenvalue weighted by atomic mass is 10.1. The molecule has 0 saturated carbocycles. The number of hydrogen-bond donors (Lipinski definition) is 1. The zero-order valence-electron chi connectivity index (χ0n) is 18.0. The molecule has 1 aromatic carbocycles. The molecule has 1 N–H and O–H groups in total. The minimum Gasteiger partial charge on any atom is -0.443 e. The van der Waals surface area contributed by atoms with Gasteiger partial charge in [-0.1, -0.05) is 37.2 Å². The van der Waals surface area contributed by atoms with Crippen LogP contribution in [0, 0.1) is 5.92 Å². The Bertz CT molecular complexity index is 1080. The standard InChI is InChI=1S/C22H27N3O4S/c1-13(2)18(24-28-6)16-12-30-20(23-16)19(26)15-11-25(21(27)29-22(3,4)5)17-10-8-7-9-14(15)17/h7-13,19,26H,1-6H3/b24-18+. The third-order valence-electron chi connectivity index (χ3n) is 4.38. The van der Waals surface area contributed by atoms with E-state index in [9.17, 15) is 9.90 Å². The molecule has 1 unspecified atom stereocenters. The van der Waals surface area contributed by atoms with Crippen molar-refractivity contribution in [1.29, 1.82) is 0 Å². The number of oxime groups is 1. The second-order valence-electron chi connectivity index (χ2n) is 8.24. The van der Waals surface area contributed by atoms with Crippen LogP contribution in [0.25, 0.3) is 10.9 Å². The molecule has 160 valence electrons. The Kier molecular flexibility index (Phi) is 6.28. The molecular weight excluding hydrogens is 402 g/mol. The summed E-state index contributed by atoms with van der Waals surface area (Å²) in [5, 5.41) is 18.3. The van der Waals surface area contributed by atoms with Gasteiger partial charge in [-0.15, -0.1) is 11.3 Å². The van der Waals surface area contributed by atoms with E-state index in [1.54, 1.807) is 6.20 Å². The van der Waals surface area contributed by atoms with Gasteiger partial charge in [-0.05, 0) is 26.8 Å². The Morgan fingerprint density at radius 3 is 2.60 bits per heavy atom. The maximum atomic E-state index is 12.7. The monoisotopic (exact) mass is 429 g/mol. The SMILES string of the molecule is CO/N=C(/c1csc(C(O)c2cn(C(=O)OC(C)(C)C)c3ccccc23)n1)C(C)C. The average molecular weight is 430 g/mol. The summed E-state index contributed by atoms with van der Waals surface area (Å²) >= 11 is 1.34. The molecule has 0 fully saturated rings. The van der Waals surface area contributed by atoms with E-state index < -0.39 is 17.8 Å². The number of benzene rings is 1. The van der Waals surface area contributed by atoms with Crippen molar-refractivity contribution in [3.63, 3.8) is 0 Å². The van der Waals surface area contributed by atoms with Crippen molar-refractivity contribution in [2.45, 2.75) is 46.3 Å². The summed E-state index contributed by atoms with van der Waals surface area (Å²) in [6, 6.07) is 7.41. The number of aliphatic hydroxyl groups excluding tert-OH is 1. The summed E-state index contributed by atoms with van der Waals surface area (Å²) in [4.78, 5) is 22.2. The Balaban J connectivity index is 2.01. The van der Waals surface area contributed by atoms with Crippen LogP contribution in [0.5, 0.6) is 0 Å². The number of fused-ring (bicyclic) bond motifs is 1. The number of hydrogen-bond acceptors (Lipinski definition) is 7. The van der Waals surface area contributed by atoms with Crippen LogP contribution in [0.15, 0.2) is 41.0 Å². The van der Waals surface area contributed by atoms with Crippen molar-refractivity contribution in [2.75, 3.05) is 7.11 Å². The number of nitrogens with zero attached hydrogens (tertiary/aromatic N) is 3. The van der Waals surface area contributed by atoms with Gasteiger partial charge in [0.15, 0.2) is 0 Å². The molecule has 0 spiro atoms. The number of carbonyl (C=O) groups excluding carboxylic acids is 1. The Hall–Kier alpha value is -2.71. The molecule has 2 heterocycles. The number of para-hydroxylation sites is 1. The molecule has 0 radical (unpaired) electrons. The van der Waals surface area contributed by atoms with Crippen molar-refractivity contribution in [3.05, 3.63) is 52.1 Å². The van der Waals surface area contributed by atoms with Gasteiger partial charge in [-0.2, -0.15) is 0 Å². The summed E-state index contributed by atoms with van der Waals surface area (Å²) in [6.45, 7) is 9.45. The molecule has 8 heteroatoms.